The third kappa shape index (κ3) is 4.45. The van der Waals surface area contributed by atoms with Gasteiger partial charge in [0.2, 0.25) is 0 Å². The standard InChI is InChI=1S/C23H33BN5O2P/c1-22(2)23(3,4)31-24(30-22)14-16-7-5-8-17(13-16)20-19(15-25)21(26)29(27-20)18-9-6-11-28(32)12-10-18/h5,7-8,13,18H,6,9-12,14,26,32H2,1-4H3. The monoisotopic (exact) mass is 453 g/mol. The Balaban J connectivity index is 1.60. The van der Waals surface area contributed by atoms with Crippen molar-refractivity contribution in [1.82, 2.24) is 14.5 Å². The summed E-state index contributed by atoms with van der Waals surface area (Å²) in [5.74, 6) is 0.459. The number of rotatable bonds is 4. The van der Waals surface area contributed by atoms with Gasteiger partial charge in [0.1, 0.15) is 23.1 Å². The van der Waals surface area contributed by atoms with Gasteiger partial charge in [0, 0.05) is 25.0 Å². The van der Waals surface area contributed by atoms with Gasteiger partial charge in [-0.05, 0) is 58.6 Å². The highest BCUT2D eigenvalue weighted by atomic mass is 31.0. The number of nitrogens with two attached hydrogens (primary N) is 1. The van der Waals surface area contributed by atoms with Crippen LogP contribution in [-0.2, 0) is 15.6 Å². The van der Waals surface area contributed by atoms with E-state index in [1.54, 1.807) is 0 Å². The molecule has 2 unspecified atom stereocenters. The molecule has 2 aliphatic rings. The molecule has 0 spiro atoms. The normalized spacial score (nSPS) is 23.1. The van der Waals surface area contributed by atoms with Crippen molar-refractivity contribution in [2.24, 2.45) is 0 Å². The highest BCUT2D eigenvalue weighted by Crippen LogP contribution is 2.38. The number of nitrogens with zero attached hydrogens (tertiary/aromatic N) is 4. The predicted molar refractivity (Wildman–Crippen MR) is 131 cm³/mol. The van der Waals surface area contributed by atoms with E-state index in [1.165, 1.54) is 0 Å². The van der Waals surface area contributed by atoms with Crippen LogP contribution in [0.4, 0.5) is 5.82 Å². The Morgan fingerprint density at radius 1 is 1.22 bits per heavy atom. The van der Waals surface area contributed by atoms with Gasteiger partial charge in [-0.1, -0.05) is 27.6 Å². The molecular formula is C23H33BN5O2P. The van der Waals surface area contributed by atoms with Crippen molar-refractivity contribution in [2.45, 2.75) is 70.5 Å². The lowest BCUT2D eigenvalue weighted by Gasteiger charge is -2.32. The summed E-state index contributed by atoms with van der Waals surface area (Å²) in [5, 5.41) is 14.7. The van der Waals surface area contributed by atoms with Crippen LogP contribution in [0.15, 0.2) is 24.3 Å². The van der Waals surface area contributed by atoms with Gasteiger partial charge in [0.25, 0.3) is 0 Å². The van der Waals surface area contributed by atoms with Crippen molar-refractivity contribution >= 4 is 22.3 Å². The molecule has 0 aliphatic carbocycles. The van der Waals surface area contributed by atoms with E-state index in [0.717, 1.165) is 43.5 Å². The zero-order chi connectivity index (χ0) is 23.1. The number of benzene rings is 1. The molecule has 9 heteroatoms. The molecule has 3 heterocycles. The van der Waals surface area contributed by atoms with Crippen molar-refractivity contribution in [1.29, 1.82) is 5.26 Å². The molecule has 32 heavy (non-hydrogen) atoms. The summed E-state index contributed by atoms with van der Waals surface area (Å²) < 4.78 is 16.5. The van der Waals surface area contributed by atoms with Crippen molar-refractivity contribution in [3.63, 3.8) is 0 Å². The highest BCUT2D eigenvalue weighted by Gasteiger charge is 2.50. The Morgan fingerprint density at radius 2 is 1.94 bits per heavy atom. The average molecular weight is 453 g/mol. The molecule has 2 N–H and O–H groups in total. The summed E-state index contributed by atoms with van der Waals surface area (Å²) in [5.41, 5.74) is 8.76. The molecular weight excluding hydrogens is 420 g/mol. The third-order valence-electron chi connectivity index (χ3n) is 7.04. The molecule has 1 aromatic carbocycles. The molecule has 170 valence electrons. The van der Waals surface area contributed by atoms with Gasteiger partial charge in [-0.2, -0.15) is 10.4 Å². The first-order valence-corrected chi connectivity index (χ1v) is 11.9. The summed E-state index contributed by atoms with van der Waals surface area (Å²) in [6.45, 7) is 10.2. The summed E-state index contributed by atoms with van der Waals surface area (Å²) in [6.07, 6.45) is 3.67. The van der Waals surface area contributed by atoms with Crippen LogP contribution in [0.25, 0.3) is 11.3 Å². The van der Waals surface area contributed by atoms with Gasteiger partial charge < -0.3 is 15.0 Å². The molecule has 4 rings (SSSR count). The van der Waals surface area contributed by atoms with Crippen LogP contribution in [0, 0.1) is 11.3 Å². The van der Waals surface area contributed by atoms with Gasteiger partial charge in [-0.3, -0.25) is 4.67 Å². The van der Waals surface area contributed by atoms with E-state index in [4.69, 9.17) is 20.1 Å². The van der Waals surface area contributed by atoms with Gasteiger partial charge in [-0.15, -0.1) is 0 Å². The molecule has 2 saturated heterocycles. The Hall–Kier alpha value is -1.91. The average Bonchev–Trinajstić information content (AvgIpc) is 3.03. The molecule has 2 aromatic rings. The maximum absolute atomic E-state index is 9.85. The van der Waals surface area contributed by atoms with E-state index in [1.807, 2.05) is 16.8 Å². The smallest absolute Gasteiger partial charge is 0.403 e. The van der Waals surface area contributed by atoms with Crippen LogP contribution in [0.5, 0.6) is 0 Å². The lowest BCUT2D eigenvalue weighted by molar-refractivity contribution is 0.00578. The van der Waals surface area contributed by atoms with Crippen molar-refractivity contribution in [3.8, 4) is 17.3 Å². The lowest BCUT2D eigenvalue weighted by atomic mass is 9.80. The van der Waals surface area contributed by atoms with Gasteiger partial charge >= 0.3 is 7.12 Å². The van der Waals surface area contributed by atoms with E-state index < -0.39 is 0 Å². The van der Waals surface area contributed by atoms with Crippen LogP contribution in [-0.4, -0.2) is 45.9 Å². The van der Waals surface area contributed by atoms with Crippen LogP contribution in [0.3, 0.4) is 0 Å². The molecule has 7 nitrogen and oxygen atoms in total. The van der Waals surface area contributed by atoms with E-state index in [2.05, 4.69) is 60.0 Å². The Labute approximate surface area is 193 Å². The first kappa shape index (κ1) is 23.3. The fourth-order valence-electron chi connectivity index (χ4n) is 4.47. The Bertz CT molecular complexity index is 1020. The molecule has 0 bridgehead atoms. The second-order valence-electron chi connectivity index (χ2n) is 9.88. The maximum Gasteiger partial charge on any atom is 0.462 e. The van der Waals surface area contributed by atoms with Crippen molar-refractivity contribution in [3.05, 3.63) is 35.4 Å². The topological polar surface area (TPSA) is 89.3 Å². The minimum Gasteiger partial charge on any atom is -0.403 e. The predicted octanol–water partition coefficient (Wildman–Crippen LogP) is 3.99. The third-order valence-corrected chi connectivity index (χ3v) is 7.56. The summed E-state index contributed by atoms with van der Waals surface area (Å²) in [7, 11) is 2.47. The first-order chi connectivity index (χ1) is 15.1. The Kier molecular flexibility index (Phi) is 6.39. The fourth-order valence-corrected chi connectivity index (χ4v) is 4.80. The molecule has 2 fully saturated rings. The minimum absolute atomic E-state index is 0.203. The highest BCUT2D eigenvalue weighted by molar-refractivity contribution is 7.13. The van der Waals surface area contributed by atoms with E-state index in [9.17, 15) is 5.26 Å². The van der Waals surface area contributed by atoms with Crippen LogP contribution < -0.4 is 5.73 Å². The molecule has 0 saturated carbocycles. The molecule has 0 radical (unpaired) electrons. The van der Waals surface area contributed by atoms with Crippen LogP contribution >= 0.6 is 9.39 Å². The van der Waals surface area contributed by atoms with E-state index in [0.29, 0.717) is 23.4 Å². The lowest BCUT2D eigenvalue weighted by Crippen LogP contribution is -2.41. The van der Waals surface area contributed by atoms with Gasteiger partial charge in [0.05, 0.1) is 17.2 Å². The number of nitriles is 1. The van der Waals surface area contributed by atoms with Crippen LogP contribution in [0.1, 0.15) is 64.1 Å². The van der Waals surface area contributed by atoms with E-state index >= 15 is 0 Å². The fraction of sp³-hybridized carbons (Fsp3) is 0.565. The van der Waals surface area contributed by atoms with Crippen molar-refractivity contribution < 1.29 is 9.31 Å². The maximum atomic E-state index is 9.85. The molecule has 1 aromatic heterocycles. The summed E-state index contributed by atoms with van der Waals surface area (Å²) >= 11 is 0. The second kappa shape index (κ2) is 8.80. The van der Waals surface area contributed by atoms with E-state index in [-0.39, 0.29) is 24.4 Å². The number of hydrogen-bond acceptors (Lipinski definition) is 6. The number of nitrogen functional groups attached to an aromatic ring is 1. The molecule has 2 aliphatic heterocycles. The Morgan fingerprint density at radius 3 is 2.62 bits per heavy atom. The number of anilines is 1. The largest absolute Gasteiger partial charge is 0.462 e. The SMILES string of the molecule is CC1(C)OB(Cc2cccc(-c3nn(C4CCCN(P)CC4)c(N)c3C#N)c2)OC1(C)C. The number of hydrogen-bond donors (Lipinski definition) is 1. The van der Waals surface area contributed by atoms with Crippen LogP contribution in [0.2, 0.25) is 0 Å². The van der Waals surface area contributed by atoms with Crippen molar-refractivity contribution in [2.75, 3.05) is 18.8 Å². The first-order valence-electron chi connectivity index (χ1n) is 11.3. The second-order valence-corrected chi connectivity index (χ2v) is 10.6. The summed E-state index contributed by atoms with van der Waals surface area (Å²) in [6, 6.07) is 10.6. The van der Waals surface area contributed by atoms with Gasteiger partial charge in [0.15, 0.2) is 0 Å². The zero-order valence-electron chi connectivity index (χ0n) is 19.5. The zero-order valence-corrected chi connectivity index (χ0v) is 20.6. The quantitative estimate of drug-likeness (QED) is 0.556. The molecule has 2 atom stereocenters. The molecule has 0 amide bonds. The van der Waals surface area contributed by atoms with Gasteiger partial charge in [-0.25, -0.2) is 4.68 Å². The minimum atomic E-state index is -0.359. The summed E-state index contributed by atoms with van der Waals surface area (Å²) in [4.78, 5) is 0. The number of aromatic nitrogens is 2.